The molecule has 0 saturated carbocycles. The number of nitrogens with one attached hydrogen (secondary N) is 1. The Labute approximate surface area is 181 Å². The number of nitrogens with zero attached hydrogens (tertiary/aromatic N) is 2. The molecule has 11 heteroatoms. The van der Waals surface area contributed by atoms with Gasteiger partial charge in [-0.3, -0.25) is 19.8 Å². The first kappa shape index (κ1) is 25.1. The van der Waals surface area contributed by atoms with Crippen molar-refractivity contribution in [1.82, 2.24) is 10.2 Å². The number of nitro groups is 1. The van der Waals surface area contributed by atoms with E-state index < -0.39 is 4.92 Å². The van der Waals surface area contributed by atoms with E-state index in [1.807, 2.05) is 4.90 Å². The van der Waals surface area contributed by atoms with E-state index in [0.717, 1.165) is 19.2 Å². The van der Waals surface area contributed by atoms with E-state index in [4.69, 9.17) is 18.9 Å². The predicted octanol–water partition coefficient (Wildman–Crippen LogP) is 0.585. The highest BCUT2D eigenvalue weighted by Gasteiger charge is 2.18. The lowest BCUT2D eigenvalue weighted by atomic mass is 10.1. The van der Waals surface area contributed by atoms with Gasteiger partial charge in [0.1, 0.15) is 5.75 Å². The van der Waals surface area contributed by atoms with Gasteiger partial charge in [-0.1, -0.05) is 0 Å². The summed E-state index contributed by atoms with van der Waals surface area (Å²) in [6.07, 6.45) is 0.409. The normalized spacial score (nSPS) is 19.2. The number of hydrogen-bond acceptors (Lipinski definition) is 10. The zero-order chi connectivity index (χ0) is 22.3. The van der Waals surface area contributed by atoms with Gasteiger partial charge in [0, 0.05) is 50.4 Å². The van der Waals surface area contributed by atoms with Crippen LogP contribution in [0.4, 0.5) is 5.69 Å². The second-order valence-corrected chi connectivity index (χ2v) is 6.89. The molecule has 1 aliphatic heterocycles. The molecule has 174 valence electrons. The minimum Gasteiger partial charge on any atom is -0.507 e. The van der Waals surface area contributed by atoms with Crippen molar-refractivity contribution in [3.8, 4) is 5.75 Å². The van der Waals surface area contributed by atoms with E-state index in [-0.39, 0.29) is 23.5 Å². The van der Waals surface area contributed by atoms with Gasteiger partial charge in [0.05, 0.1) is 63.3 Å². The van der Waals surface area contributed by atoms with E-state index in [1.54, 1.807) is 0 Å². The Balaban J connectivity index is 1.99. The third-order valence-electron chi connectivity index (χ3n) is 4.63. The first-order chi connectivity index (χ1) is 15.1. The van der Waals surface area contributed by atoms with Crippen LogP contribution in [-0.2, 0) is 25.5 Å². The van der Waals surface area contributed by atoms with Crippen molar-refractivity contribution in [2.24, 2.45) is 0 Å². The summed E-state index contributed by atoms with van der Waals surface area (Å²) < 4.78 is 22.2. The number of hydrogen-bond donors (Lipinski definition) is 2. The largest absolute Gasteiger partial charge is 0.507 e. The van der Waals surface area contributed by atoms with Crippen molar-refractivity contribution in [3.05, 3.63) is 33.4 Å². The maximum atomic E-state index is 11.2. The first-order valence-electron chi connectivity index (χ1n) is 10.3. The Kier molecular flexibility index (Phi) is 12.0. The summed E-state index contributed by atoms with van der Waals surface area (Å²) in [5.41, 5.74) is -0.0490. The van der Waals surface area contributed by atoms with Gasteiger partial charge >= 0.3 is 0 Å². The maximum Gasteiger partial charge on any atom is 0.270 e. The van der Waals surface area contributed by atoms with Gasteiger partial charge in [-0.25, -0.2) is 0 Å². The van der Waals surface area contributed by atoms with E-state index in [9.17, 15) is 20.0 Å². The molecule has 0 spiro atoms. The number of aromatic hydroxyl groups is 1. The Bertz CT molecular complexity index is 671. The molecule has 11 nitrogen and oxygen atoms in total. The average Bonchev–Trinajstić information content (AvgIpc) is 2.76. The summed E-state index contributed by atoms with van der Waals surface area (Å²) in [7, 11) is 0. The van der Waals surface area contributed by atoms with Crippen LogP contribution in [0.25, 0.3) is 0 Å². The van der Waals surface area contributed by atoms with Gasteiger partial charge in [-0.05, 0) is 0 Å². The summed E-state index contributed by atoms with van der Waals surface area (Å²) in [4.78, 5) is 23.7. The molecule has 1 aromatic carbocycles. The third kappa shape index (κ3) is 9.68. The van der Waals surface area contributed by atoms with Gasteiger partial charge in [-0.2, -0.15) is 0 Å². The third-order valence-corrected chi connectivity index (χ3v) is 4.63. The Morgan fingerprint density at radius 1 is 0.968 bits per heavy atom. The smallest absolute Gasteiger partial charge is 0.270 e. The molecule has 2 rings (SSSR count). The average molecular weight is 441 g/mol. The number of carbonyl (C=O) groups is 1. The summed E-state index contributed by atoms with van der Waals surface area (Å²) in [5, 5.41) is 24.7. The van der Waals surface area contributed by atoms with Crippen LogP contribution in [0.2, 0.25) is 0 Å². The second-order valence-electron chi connectivity index (χ2n) is 6.89. The van der Waals surface area contributed by atoms with Gasteiger partial charge < -0.3 is 29.4 Å². The van der Waals surface area contributed by atoms with Gasteiger partial charge in [0.25, 0.3) is 5.69 Å². The van der Waals surface area contributed by atoms with E-state index >= 15 is 0 Å². The lowest BCUT2D eigenvalue weighted by Gasteiger charge is -2.23. The molecular weight excluding hydrogens is 410 g/mol. The summed E-state index contributed by atoms with van der Waals surface area (Å²) in [6.45, 7) is 6.59. The summed E-state index contributed by atoms with van der Waals surface area (Å²) >= 11 is 0. The number of rotatable bonds is 4. The Hall–Kier alpha value is -2.15. The van der Waals surface area contributed by atoms with E-state index in [1.165, 1.54) is 6.07 Å². The molecule has 0 bridgehead atoms. The number of non-ortho nitro benzene ring substituents is 1. The highest BCUT2D eigenvalue weighted by Crippen LogP contribution is 2.28. The number of ether oxygens (including phenoxy) is 4. The number of phenols is 1. The number of nitro benzene ring substituents is 1. The molecule has 1 aliphatic rings. The van der Waals surface area contributed by atoms with Crippen molar-refractivity contribution in [2.45, 2.75) is 6.54 Å². The van der Waals surface area contributed by atoms with E-state index in [2.05, 4.69) is 5.32 Å². The molecule has 1 heterocycles. The lowest BCUT2D eigenvalue weighted by Crippen LogP contribution is -2.31. The fraction of sp³-hybridized carbons (Fsp3) is 0.650. The van der Waals surface area contributed by atoms with Crippen LogP contribution >= 0.6 is 0 Å². The van der Waals surface area contributed by atoms with Crippen LogP contribution in [-0.4, -0.2) is 100 Å². The van der Waals surface area contributed by atoms with Gasteiger partial charge in [0.2, 0.25) is 0 Å². The van der Waals surface area contributed by atoms with Crippen molar-refractivity contribution in [1.29, 1.82) is 0 Å². The van der Waals surface area contributed by atoms with Gasteiger partial charge in [0.15, 0.2) is 6.29 Å². The number of benzene rings is 1. The van der Waals surface area contributed by atoms with Crippen LogP contribution in [0.5, 0.6) is 5.75 Å². The molecular formula is C20H31N3O8. The molecule has 1 aromatic rings. The van der Waals surface area contributed by atoms with Crippen LogP contribution < -0.4 is 5.32 Å². The zero-order valence-corrected chi connectivity index (χ0v) is 17.6. The maximum absolute atomic E-state index is 11.2. The monoisotopic (exact) mass is 441 g/mol. The SMILES string of the molecule is O=Cc1cc([N+](=O)[O-])cc(CN2CCOCCOCCNCCOCCOCC2)c1O. The van der Waals surface area contributed by atoms with Crippen molar-refractivity contribution >= 4 is 12.0 Å². The van der Waals surface area contributed by atoms with Crippen LogP contribution in [0.15, 0.2) is 12.1 Å². The van der Waals surface area contributed by atoms with Crippen LogP contribution in [0.3, 0.4) is 0 Å². The number of aldehydes is 1. The standard InChI is InChI=1S/C20H31N3O8/c24-16-18-14-19(23(26)27)13-17(20(18)25)15-22-3-7-30-11-9-28-5-1-21-2-6-29-10-12-31-8-4-22/h13-14,16,21,25H,1-12,15H2. The fourth-order valence-electron chi connectivity index (χ4n) is 2.97. The first-order valence-corrected chi connectivity index (χ1v) is 10.3. The molecule has 1 fully saturated rings. The van der Waals surface area contributed by atoms with Crippen LogP contribution in [0, 0.1) is 10.1 Å². The molecule has 0 aromatic heterocycles. The molecule has 1 saturated heterocycles. The van der Waals surface area contributed by atoms with Crippen molar-refractivity contribution < 1.29 is 33.8 Å². The number of carbonyl (C=O) groups excluding carboxylic acids is 1. The molecule has 2 N–H and O–H groups in total. The molecule has 0 radical (unpaired) electrons. The van der Waals surface area contributed by atoms with Gasteiger partial charge in [-0.15, -0.1) is 0 Å². The topological polar surface area (TPSA) is 133 Å². The number of phenolic OH excluding ortho intramolecular Hbond substituents is 1. The Morgan fingerprint density at radius 3 is 2.03 bits per heavy atom. The lowest BCUT2D eigenvalue weighted by molar-refractivity contribution is -0.385. The molecule has 31 heavy (non-hydrogen) atoms. The quantitative estimate of drug-likeness (QED) is 0.388. The minimum atomic E-state index is -0.586. The summed E-state index contributed by atoms with van der Waals surface area (Å²) in [6, 6.07) is 2.35. The zero-order valence-electron chi connectivity index (χ0n) is 17.6. The Morgan fingerprint density at radius 2 is 1.52 bits per heavy atom. The van der Waals surface area contributed by atoms with Crippen LogP contribution in [0.1, 0.15) is 15.9 Å². The molecule has 0 aliphatic carbocycles. The minimum absolute atomic E-state index is 0.109. The fourth-order valence-corrected chi connectivity index (χ4v) is 2.97. The highest BCUT2D eigenvalue weighted by molar-refractivity contribution is 5.81. The van der Waals surface area contributed by atoms with E-state index in [0.29, 0.717) is 77.8 Å². The molecule has 0 amide bonds. The van der Waals surface area contributed by atoms with Crippen molar-refractivity contribution in [2.75, 3.05) is 79.0 Å². The van der Waals surface area contributed by atoms with Crippen molar-refractivity contribution in [3.63, 3.8) is 0 Å². The molecule has 0 unspecified atom stereocenters. The highest BCUT2D eigenvalue weighted by atomic mass is 16.6. The summed E-state index contributed by atoms with van der Waals surface area (Å²) in [5.74, 6) is -0.252. The second kappa shape index (κ2) is 14.8. The predicted molar refractivity (Wildman–Crippen MR) is 112 cm³/mol. The molecule has 0 atom stereocenters.